The molecule has 0 amide bonds. The Morgan fingerprint density at radius 1 is 0.472 bits per heavy atom. The van der Waals surface area contributed by atoms with Gasteiger partial charge in [0.15, 0.2) is 11.6 Å². The van der Waals surface area contributed by atoms with Gasteiger partial charge < -0.3 is 4.57 Å². The lowest BCUT2D eigenvalue weighted by molar-refractivity contribution is 1.03. The van der Waals surface area contributed by atoms with Crippen LogP contribution in [0.4, 0.5) is 0 Å². The van der Waals surface area contributed by atoms with Crippen molar-refractivity contribution in [1.82, 2.24) is 34.3 Å². The summed E-state index contributed by atoms with van der Waals surface area (Å²) in [6, 6.07) is 30.5. The fourth-order valence-corrected chi connectivity index (χ4v) is 4.69. The second-order valence-electron chi connectivity index (χ2n) is 8.38. The summed E-state index contributed by atoms with van der Waals surface area (Å²) in [4.78, 5) is 13.6. The molecular weight excluding hydrogens is 446 g/mol. The Kier molecular flexibility index (Phi) is 4.63. The smallest absolute Gasteiger partial charge is 0.187 e. The van der Waals surface area contributed by atoms with Crippen molar-refractivity contribution in [2.75, 3.05) is 0 Å². The molecule has 5 aromatic heterocycles. The summed E-state index contributed by atoms with van der Waals surface area (Å²) < 4.78 is 4.18. The molecule has 5 heterocycles. The van der Waals surface area contributed by atoms with E-state index in [9.17, 15) is 0 Å². The summed E-state index contributed by atoms with van der Waals surface area (Å²) in [6.45, 7) is 0. The standard InChI is InChI=1S/C29H19N7/c1-3-12-26-22(9-1)23-10-2-4-13-27(23)35(26)21-14-15-25(32-19-21)29-34-33-28(24-11-5-6-17-31-24)36(29)20-8-7-16-30-18-20/h1-19H. The maximum atomic E-state index is 4.83. The van der Waals surface area contributed by atoms with E-state index < -0.39 is 0 Å². The SMILES string of the molecule is c1ccc(-c2nnc(-c3ccc(-n4c5ccccc5c5ccccc54)cn3)n2-c2cccnc2)nc1. The van der Waals surface area contributed by atoms with E-state index in [1.807, 2.05) is 47.2 Å². The third-order valence-electron chi connectivity index (χ3n) is 6.28. The first kappa shape index (κ1) is 20.2. The van der Waals surface area contributed by atoms with E-state index in [4.69, 9.17) is 4.98 Å². The van der Waals surface area contributed by atoms with Gasteiger partial charge in [0.25, 0.3) is 0 Å². The zero-order chi connectivity index (χ0) is 23.9. The van der Waals surface area contributed by atoms with Gasteiger partial charge in [-0.05, 0) is 48.5 Å². The highest BCUT2D eigenvalue weighted by molar-refractivity contribution is 6.09. The second kappa shape index (κ2) is 8.25. The van der Waals surface area contributed by atoms with Crippen LogP contribution in [-0.2, 0) is 0 Å². The van der Waals surface area contributed by atoms with E-state index in [0.29, 0.717) is 17.3 Å². The lowest BCUT2D eigenvalue weighted by atomic mass is 10.2. The molecule has 0 unspecified atom stereocenters. The number of aromatic nitrogens is 7. The Hall–Kier alpha value is -5.17. The molecule has 2 aromatic carbocycles. The molecule has 0 spiro atoms. The van der Waals surface area contributed by atoms with Crippen molar-refractivity contribution in [3.63, 3.8) is 0 Å². The van der Waals surface area contributed by atoms with Crippen molar-refractivity contribution in [2.24, 2.45) is 0 Å². The maximum absolute atomic E-state index is 4.83. The number of hydrogen-bond donors (Lipinski definition) is 0. The number of fused-ring (bicyclic) bond motifs is 3. The lowest BCUT2D eigenvalue weighted by Gasteiger charge is -2.11. The number of nitrogens with zero attached hydrogens (tertiary/aromatic N) is 7. The Bertz CT molecular complexity index is 1770. The molecule has 0 fully saturated rings. The van der Waals surface area contributed by atoms with Gasteiger partial charge in [0.1, 0.15) is 11.4 Å². The highest BCUT2D eigenvalue weighted by atomic mass is 15.3. The van der Waals surface area contributed by atoms with Crippen LogP contribution < -0.4 is 0 Å². The molecular formula is C29H19N7. The van der Waals surface area contributed by atoms with Gasteiger partial charge in [0.2, 0.25) is 0 Å². The van der Waals surface area contributed by atoms with Crippen LogP contribution in [0.1, 0.15) is 0 Å². The van der Waals surface area contributed by atoms with E-state index in [2.05, 4.69) is 79.3 Å². The summed E-state index contributed by atoms with van der Waals surface area (Å²) in [5, 5.41) is 11.4. The van der Waals surface area contributed by atoms with Crippen LogP contribution in [0, 0.1) is 0 Å². The number of hydrogen-bond acceptors (Lipinski definition) is 5. The maximum Gasteiger partial charge on any atom is 0.187 e. The zero-order valence-electron chi connectivity index (χ0n) is 19.1. The number of rotatable bonds is 4. The van der Waals surface area contributed by atoms with Crippen LogP contribution in [0.3, 0.4) is 0 Å². The Labute approximate surface area is 206 Å². The minimum absolute atomic E-state index is 0.623. The molecule has 0 saturated heterocycles. The molecule has 0 bridgehead atoms. The molecule has 7 rings (SSSR count). The summed E-state index contributed by atoms with van der Waals surface area (Å²) >= 11 is 0. The number of para-hydroxylation sites is 2. The number of benzene rings is 2. The molecule has 0 aliphatic carbocycles. The molecule has 7 aromatic rings. The Morgan fingerprint density at radius 2 is 1.14 bits per heavy atom. The fraction of sp³-hybridized carbons (Fsp3) is 0. The molecule has 170 valence electrons. The summed E-state index contributed by atoms with van der Waals surface area (Å²) in [7, 11) is 0. The largest absolute Gasteiger partial charge is 0.308 e. The van der Waals surface area contributed by atoms with Gasteiger partial charge in [-0.2, -0.15) is 0 Å². The molecule has 0 aliphatic heterocycles. The summed E-state index contributed by atoms with van der Waals surface area (Å²) in [5.74, 6) is 1.25. The fourth-order valence-electron chi connectivity index (χ4n) is 4.69. The highest BCUT2D eigenvalue weighted by Crippen LogP contribution is 2.32. The van der Waals surface area contributed by atoms with Crippen LogP contribution in [-0.4, -0.2) is 34.3 Å². The number of pyridine rings is 3. The van der Waals surface area contributed by atoms with Gasteiger partial charge in [-0.3, -0.25) is 19.5 Å². The zero-order valence-corrected chi connectivity index (χ0v) is 19.1. The third-order valence-corrected chi connectivity index (χ3v) is 6.28. The van der Waals surface area contributed by atoms with Crippen LogP contribution in [0.2, 0.25) is 0 Å². The Balaban J connectivity index is 1.39. The van der Waals surface area contributed by atoms with Crippen molar-refractivity contribution >= 4 is 21.8 Å². The minimum Gasteiger partial charge on any atom is -0.308 e. The van der Waals surface area contributed by atoms with Crippen molar-refractivity contribution in [3.05, 3.63) is 116 Å². The molecule has 7 heteroatoms. The van der Waals surface area contributed by atoms with Crippen LogP contribution in [0.15, 0.2) is 116 Å². The summed E-state index contributed by atoms with van der Waals surface area (Å²) in [6.07, 6.45) is 7.16. The molecule has 0 N–H and O–H groups in total. The van der Waals surface area contributed by atoms with Gasteiger partial charge in [0, 0.05) is 23.2 Å². The van der Waals surface area contributed by atoms with E-state index in [0.717, 1.165) is 28.1 Å². The predicted molar refractivity (Wildman–Crippen MR) is 140 cm³/mol. The predicted octanol–water partition coefficient (Wildman–Crippen LogP) is 5.88. The van der Waals surface area contributed by atoms with E-state index >= 15 is 0 Å². The first-order chi connectivity index (χ1) is 17.9. The molecule has 0 atom stereocenters. The second-order valence-corrected chi connectivity index (χ2v) is 8.38. The first-order valence-electron chi connectivity index (χ1n) is 11.6. The molecule has 7 nitrogen and oxygen atoms in total. The quantitative estimate of drug-likeness (QED) is 0.324. The average molecular weight is 466 g/mol. The van der Waals surface area contributed by atoms with Crippen molar-refractivity contribution in [3.8, 4) is 34.4 Å². The van der Waals surface area contributed by atoms with Crippen molar-refractivity contribution < 1.29 is 0 Å². The molecule has 0 saturated carbocycles. The van der Waals surface area contributed by atoms with Crippen LogP contribution in [0.25, 0.3) is 56.2 Å². The van der Waals surface area contributed by atoms with Gasteiger partial charge >= 0.3 is 0 Å². The van der Waals surface area contributed by atoms with Crippen molar-refractivity contribution in [1.29, 1.82) is 0 Å². The normalized spacial score (nSPS) is 11.3. The van der Waals surface area contributed by atoms with E-state index in [-0.39, 0.29) is 0 Å². The highest BCUT2D eigenvalue weighted by Gasteiger charge is 2.19. The minimum atomic E-state index is 0.623. The lowest BCUT2D eigenvalue weighted by Crippen LogP contribution is -2.03. The van der Waals surface area contributed by atoms with E-state index in [1.54, 1.807) is 18.6 Å². The topological polar surface area (TPSA) is 74.3 Å². The van der Waals surface area contributed by atoms with Gasteiger partial charge in [0.05, 0.1) is 34.8 Å². The van der Waals surface area contributed by atoms with Gasteiger partial charge in [-0.1, -0.05) is 42.5 Å². The molecule has 0 radical (unpaired) electrons. The van der Waals surface area contributed by atoms with Crippen molar-refractivity contribution in [2.45, 2.75) is 0 Å². The average Bonchev–Trinajstić information content (AvgIpc) is 3.54. The Morgan fingerprint density at radius 3 is 1.75 bits per heavy atom. The summed E-state index contributed by atoms with van der Waals surface area (Å²) in [5.41, 5.74) is 5.54. The van der Waals surface area contributed by atoms with Crippen LogP contribution >= 0.6 is 0 Å². The van der Waals surface area contributed by atoms with Gasteiger partial charge in [-0.25, -0.2) is 0 Å². The first-order valence-corrected chi connectivity index (χ1v) is 11.6. The monoisotopic (exact) mass is 465 g/mol. The molecule has 0 aliphatic rings. The van der Waals surface area contributed by atoms with Crippen LogP contribution in [0.5, 0.6) is 0 Å². The van der Waals surface area contributed by atoms with Gasteiger partial charge in [-0.15, -0.1) is 10.2 Å². The van der Waals surface area contributed by atoms with E-state index in [1.165, 1.54) is 10.8 Å². The third kappa shape index (κ3) is 3.18. The molecule has 36 heavy (non-hydrogen) atoms.